The van der Waals surface area contributed by atoms with E-state index < -0.39 is 10.0 Å². The Bertz CT molecular complexity index is 1280. The van der Waals surface area contributed by atoms with E-state index in [4.69, 9.17) is 23.2 Å². The lowest BCUT2D eigenvalue weighted by atomic mass is 10.0. The van der Waals surface area contributed by atoms with Gasteiger partial charge in [-0.25, -0.2) is 8.42 Å². The summed E-state index contributed by atoms with van der Waals surface area (Å²) >= 11 is 13.1. The maximum Gasteiger partial charge on any atom is 0.267 e. The van der Waals surface area contributed by atoms with Gasteiger partial charge in [0.2, 0.25) is 0 Å². The second kappa shape index (κ2) is 11.3. The summed E-state index contributed by atoms with van der Waals surface area (Å²) in [6.45, 7) is 10.9. The largest absolute Gasteiger partial charge is 0.299 e. The van der Waals surface area contributed by atoms with E-state index in [-0.39, 0.29) is 14.9 Å². The van der Waals surface area contributed by atoms with Gasteiger partial charge in [0, 0.05) is 20.6 Å². The van der Waals surface area contributed by atoms with Crippen LogP contribution in [0.1, 0.15) is 43.6 Å². The van der Waals surface area contributed by atoms with Gasteiger partial charge in [0.1, 0.15) is 4.90 Å². The number of benzene rings is 2. The van der Waals surface area contributed by atoms with E-state index in [2.05, 4.69) is 36.0 Å². The molecule has 0 aliphatic heterocycles. The van der Waals surface area contributed by atoms with Crippen LogP contribution in [0.3, 0.4) is 0 Å². The van der Waals surface area contributed by atoms with E-state index in [9.17, 15) is 8.42 Å². The molecule has 3 rings (SSSR count). The van der Waals surface area contributed by atoms with Gasteiger partial charge in [0.05, 0.1) is 27.1 Å². The van der Waals surface area contributed by atoms with Crippen LogP contribution >= 0.6 is 23.2 Å². The number of nitrogens with zero attached hydrogens (tertiary/aromatic N) is 4. The SMILES string of the molecule is CCCN(CCC)Cc1cccc(-c2cc(Cl)c(S(=O)(=O)N(C)c3c(C)nn(C)c3C)c(Cl)c2)c1. The zero-order valence-corrected chi connectivity index (χ0v) is 23.6. The third kappa shape index (κ3) is 5.85. The minimum Gasteiger partial charge on any atom is -0.299 e. The van der Waals surface area contributed by atoms with Crippen molar-refractivity contribution < 1.29 is 8.42 Å². The molecule has 0 saturated heterocycles. The molecule has 0 radical (unpaired) electrons. The molecule has 0 bridgehead atoms. The van der Waals surface area contributed by atoms with Crippen LogP contribution in [0.4, 0.5) is 5.69 Å². The van der Waals surface area contributed by atoms with Gasteiger partial charge < -0.3 is 0 Å². The van der Waals surface area contributed by atoms with E-state index in [0.29, 0.717) is 11.4 Å². The lowest BCUT2D eigenvalue weighted by Crippen LogP contribution is -2.28. The maximum atomic E-state index is 13.5. The van der Waals surface area contributed by atoms with Crippen LogP contribution in [0.15, 0.2) is 41.3 Å². The second-order valence-corrected chi connectivity index (χ2v) is 11.6. The molecule has 9 heteroatoms. The molecule has 1 heterocycles. The lowest BCUT2D eigenvalue weighted by Gasteiger charge is -2.22. The third-order valence-corrected chi connectivity index (χ3v) is 8.83. The van der Waals surface area contributed by atoms with Crippen LogP contribution in [0.5, 0.6) is 0 Å². The van der Waals surface area contributed by atoms with Crippen molar-refractivity contribution in [3.63, 3.8) is 0 Å². The summed E-state index contributed by atoms with van der Waals surface area (Å²) in [7, 11) is -0.740. The highest BCUT2D eigenvalue weighted by Gasteiger charge is 2.30. The molecule has 35 heavy (non-hydrogen) atoms. The van der Waals surface area contributed by atoms with Gasteiger partial charge in [-0.15, -0.1) is 0 Å². The van der Waals surface area contributed by atoms with Crippen LogP contribution < -0.4 is 4.31 Å². The highest BCUT2D eigenvalue weighted by molar-refractivity contribution is 7.93. The Morgan fingerprint density at radius 3 is 2.09 bits per heavy atom. The van der Waals surface area contributed by atoms with E-state index in [1.807, 2.05) is 19.1 Å². The van der Waals surface area contributed by atoms with Crippen molar-refractivity contribution in [1.82, 2.24) is 14.7 Å². The smallest absolute Gasteiger partial charge is 0.267 e. The first-order valence-corrected chi connectivity index (χ1v) is 14.0. The highest BCUT2D eigenvalue weighted by atomic mass is 35.5. The summed E-state index contributed by atoms with van der Waals surface area (Å²) in [4.78, 5) is 2.33. The number of hydrogen-bond donors (Lipinski definition) is 0. The fraction of sp³-hybridized carbons (Fsp3) is 0.423. The Labute approximate surface area is 219 Å². The second-order valence-electron chi connectivity index (χ2n) is 8.86. The molecule has 0 fully saturated rings. The number of sulfonamides is 1. The van der Waals surface area contributed by atoms with Crippen LogP contribution in [-0.2, 0) is 23.6 Å². The van der Waals surface area contributed by atoms with Gasteiger partial charge in [-0.1, -0.05) is 55.2 Å². The minimum absolute atomic E-state index is 0.0857. The normalized spacial score (nSPS) is 11.9. The Morgan fingerprint density at radius 1 is 0.971 bits per heavy atom. The van der Waals surface area contributed by atoms with Gasteiger partial charge >= 0.3 is 0 Å². The number of aryl methyl sites for hydroxylation is 2. The van der Waals surface area contributed by atoms with Gasteiger partial charge in [-0.05, 0) is 74.7 Å². The van der Waals surface area contributed by atoms with Gasteiger partial charge in [0.15, 0.2) is 0 Å². The molecular weight excluding hydrogens is 503 g/mol. The number of hydrogen-bond acceptors (Lipinski definition) is 4. The molecule has 190 valence electrons. The van der Waals surface area contributed by atoms with Crippen molar-refractivity contribution in [3.05, 3.63) is 63.4 Å². The topological polar surface area (TPSA) is 58.4 Å². The molecule has 2 aromatic carbocycles. The first kappa shape index (κ1) is 27.5. The molecule has 0 spiro atoms. The first-order chi connectivity index (χ1) is 16.5. The Kier molecular flexibility index (Phi) is 8.91. The molecule has 3 aromatic rings. The van der Waals surface area contributed by atoms with Crippen molar-refractivity contribution in [3.8, 4) is 11.1 Å². The highest BCUT2D eigenvalue weighted by Crippen LogP contribution is 2.38. The molecule has 0 N–H and O–H groups in total. The summed E-state index contributed by atoms with van der Waals surface area (Å²) in [5.41, 5.74) is 4.76. The Morgan fingerprint density at radius 2 is 1.57 bits per heavy atom. The summed E-state index contributed by atoms with van der Waals surface area (Å²) in [5.74, 6) is 0. The van der Waals surface area contributed by atoms with Crippen molar-refractivity contribution in [2.45, 2.75) is 52.0 Å². The quantitative estimate of drug-likeness (QED) is 0.298. The van der Waals surface area contributed by atoms with Crippen molar-refractivity contribution in [2.75, 3.05) is 24.4 Å². The van der Waals surface area contributed by atoms with Crippen LogP contribution in [-0.4, -0.2) is 43.2 Å². The number of rotatable bonds is 10. The fourth-order valence-electron chi connectivity index (χ4n) is 4.46. The van der Waals surface area contributed by atoms with E-state index in [0.717, 1.165) is 49.3 Å². The average Bonchev–Trinajstić information content (AvgIpc) is 3.04. The molecule has 1 aromatic heterocycles. The number of anilines is 1. The van der Waals surface area contributed by atoms with Crippen molar-refractivity contribution in [1.29, 1.82) is 0 Å². The zero-order chi connectivity index (χ0) is 25.9. The van der Waals surface area contributed by atoms with Gasteiger partial charge in [-0.2, -0.15) is 5.10 Å². The predicted octanol–water partition coefficient (Wildman–Crippen LogP) is 6.46. The zero-order valence-electron chi connectivity index (χ0n) is 21.3. The molecule has 0 aliphatic rings. The summed E-state index contributed by atoms with van der Waals surface area (Å²) in [5, 5.41) is 4.50. The fourth-order valence-corrected chi connectivity index (χ4v) is 6.92. The predicted molar refractivity (Wildman–Crippen MR) is 146 cm³/mol. The van der Waals surface area contributed by atoms with E-state index in [1.165, 1.54) is 16.9 Å². The molecular formula is C26H34Cl2N4O2S. The first-order valence-electron chi connectivity index (χ1n) is 11.8. The van der Waals surface area contributed by atoms with Crippen molar-refractivity contribution >= 4 is 38.9 Å². The molecule has 0 atom stereocenters. The van der Waals surface area contributed by atoms with Crippen LogP contribution in [0.25, 0.3) is 11.1 Å². The average molecular weight is 538 g/mol. The summed E-state index contributed by atoms with van der Waals surface area (Å²) < 4.78 is 30.0. The lowest BCUT2D eigenvalue weighted by molar-refractivity contribution is 0.266. The van der Waals surface area contributed by atoms with Gasteiger partial charge in [0.25, 0.3) is 10.0 Å². The maximum absolute atomic E-state index is 13.5. The Balaban J connectivity index is 1.97. The third-order valence-electron chi connectivity index (χ3n) is 6.15. The monoisotopic (exact) mass is 536 g/mol. The molecule has 6 nitrogen and oxygen atoms in total. The van der Waals surface area contributed by atoms with Gasteiger partial charge in [-0.3, -0.25) is 13.9 Å². The van der Waals surface area contributed by atoms with Crippen LogP contribution in [0.2, 0.25) is 10.0 Å². The Hall–Kier alpha value is -2.06. The van der Waals surface area contributed by atoms with E-state index >= 15 is 0 Å². The molecule has 0 aliphatic carbocycles. The molecule has 0 unspecified atom stereocenters. The van der Waals surface area contributed by atoms with Crippen LogP contribution in [0, 0.1) is 13.8 Å². The standard InChI is InChI=1S/C26H34Cl2N4O2S/c1-7-12-32(13-8-2)17-20-10-9-11-21(14-20)22-15-23(27)26(24(28)16-22)35(33,34)31(6)25-18(3)29-30(5)19(25)4/h9-11,14-16H,7-8,12-13,17H2,1-6H3. The summed E-state index contributed by atoms with van der Waals surface area (Å²) in [6.07, 6.45) is 2.21. The minimum atomic E-state index is -4.01. The number of halogens is 2. The summed E-state index contributed by atoms with van der Waals surface area (Å²) in [6, 6.07) is 11.6. The molecule has 0 amide bonds. The molecule has 0 saturated carbocycles. The van der Waals surface area contributed by atoms with E-state index in [1.54, 1.807) is 30.8 Å². The number of aromatic nitrogens is 2. The van der Waals surface area contributed by atoms with Crippen molar-refractivity contribution in [2.24, 2.45) is 7.05 Å².